The van der Waals surface area contributed by atoms with Crippen molar-refractivity contribution in [2.45, 2.75) is 37.9 Å². The lowest BCUT2D eigenvalue weighted by atomic mass is 9.96. The summed E-state index contributed by atoms with van der Waals surface area (Å²) in [5.74, 6) is 0.827. The van der Waals surface area contributed by atoms with Crippen molar-refractivity contribution in [3.8, 4) is 11.5 Å². The first kappa shape index (κ1) is 28.4. The van der Waals surface area contributed by atoms with E-state index in [2.05, 4.69) is 22.0 Å². The number of amides is 3. The largest absolute Gasteiger partial charge is 0.457 e. The van der Waals surface area contributed by atoms with Gasteiger partial charge in [0, 0.05) is 25.4 Å². The molecule has 220 valence electrons. The van der Waals surface area contributed by atoms with E-state index in [1.807, 2.05) is 91.0 Å². The van der Waals surface area contributed by atoms with Crippen molar-refractivity contribution < 1.29 is 19.1 Å². The first-order valence-corrected chi connectivity index (χ1v) is 14.9. The summed E-state index contributed by atoms with van der Waals surface area (Å²) in [7, 11) is 0. The molecule has 0 radical (unpaired) electrons. The van der Waals surface area contributed by atoms with E-state index in [0.717, 1.165) is 53.6 Å². The van der Waals surface area contributed by atoms with Gasteiger partial charge in [0.1, 0.15) is 23.6 Å². The zero-order chi connectivity index (χ0) is 29.6. The Morgan fingerprint density at radius 1 is 0.814 bits per heavy atom. The second-order valence-electron chi connectivity index (χ2n) is 11.3. The number of nitrogens with one attached hydrogen (secondary N) is 3. The van der Waals surface area contributed by atoms with Crippen LogP contribution in [0.25, 0.3) is 10.8 Å². The highest BCUT2D eigenvalue weighted by Gasteiger charge is 2.41. The summed E-state index contributed by atoms with van der Waals surface area (Å²) in [5, 5.41) is 11.4. The van der Waals surface area contributed by atoms with Gasteiger partial charge >= 0.3 is 0 Å². The van der Waals surface area contributed by atoms with Crippen molar-refractivity contribution in [3.63, 3.8) is 0 Å². The highest BCUT2D eigenvalue weighted by atomic mass is 16.5. The SMILES string of the molecule is O=C(NC[C@H]1C(=O)N[C@@H](Cc2ccc3ccccc3c2)C(=O)N1Cc1ccc(Oc2ccccc2)cc1)C1CCNCC1. The predicted molar refractivity (Wildman–Crippen MR) is 165 cm³/mol. The number of piperazine rings is 1. The molecule has 2 atom stereocenters. The molecule has 4 aromatic rings. The minimum atomic E-state index is -0.814. The first-order valence-electron chi connectivity index (χ1n) is 14.9. The Morgan fingerprint density at radius 3 is 2.26 bits per heavy atom. The summed E-state index contributed by atoms with van der Waals surface area (Å²) < 4.78 is 5.92. The number of fused-ring (bicyclic) bond motifs is 1. The minimum absolute atomic E-state index is 0.0672. The van der Waals surface area contributed by atoms with Crippen molar-refractivity contribution in [2.75, 3.05) is 19.6 Å². The molecule has 2 aliphatic rings. The summed E-state index contributed by atoms with van der Waals surface area (Å²) in [5.41, 5.74) is 1.83. The Labute approximate surface area is 251 Å². The van der Waals surface area contributed by atoms with Crippen LogP contribution in [-0.4, -0.2) is 54.3 Å². The van der Waals surface area contributed by atoms with Gasteiger partial charge in [-0.15, -0.1) is 0 Å². The molecule has 8 nitrogen and oxygen atoms in total. The Bertz CT molecular complexity index is 1580. The number of para-hydroxylation sites is 1. The Hall–Kier alpha value is -4.69. The van der Waals surface area contributed by atoms with Crippen LogP contribution in [-0.2, 0) is 27.3 Å². The standard InChI is InChI=1S/C35H36N4O4/c40-33(27-16-18-36-19-17-27)37-22-32-34(41)38-31(21-25-10-13-26-6-4-5-7-28(26)20-25)35(42)39(32)23-24-11-14-30(15-12-24)43-29-8-2-1-3-9-29/h1-15,20,27,31-32,36H,16-19,21-23H2,(H,37,40)(H,38,41)/t31-,32-/m0/s1. The number of hydrogen-bond donors (Lipinski definition) is 3. The lowest BCUT2D eigenvalue weighted by Crippen LogP contribution is -2.66. The molecule has 2 fully saturated rings. The number of rotatable bonds is 9. The molecule has 0 aliphatic carbocycles. The molecule has 6 rings (SSSR count). The smallest absolute Gasteiger partial charge is 0.246 e. The third-order valence-corrected chi connectivity index (χ3v) is 8.27. The van der Waals surface area contributed by atoms with Gasteiger partial charge in [0.25, 0.3) is 0 Å². The predicted octanol–water partition coefficient (Wildman–Crippen LogP) is 4.19. The van der Waals surface area contributed by atoms with E-state index < -0.39 is 12.1 Å². The van der Waals surface area contributed by atoms with Gasteiger partial charge in [0.05, 0.1) is 0 Å². The molecular weight excluding hydrogens is 540 g/mol. The summed E-state index contributed by atoms with van der Waals surface area (Å²) in [6.07, 6.45) is 1.90. The second-order valence-corrected chi connectivity index (χ2v) is 11.3. The van der Waals surface area contributed by atoms with Crippen LogP contribution in [0, 0.1) is 5.92 Å². The van der Waals surface area contributed by atoms with Gasteiger partial charge in [-0.3, -0.25) is 14.4 Å². The molecule has 2 heterocycles. The van der Waals surface area contributed by atoms with Gasteiger partial charge in [-0.05, 0) is 72.1 Å². The molecular formula is C35H36N4O4. The quantitative estimate of drug-likeness (QED) is 0.278. The van der Waals surface area contributed by atoms with Gasteiger partial charge in [-0.25, -0.2) is 0 Å². The van der Waals surface area contributed by atoms with Crippen LogP contribution in [0.4, 0.5) is 0 Å². The summed E-state index contributed by atoms with van der Waals surface area (Å²) in [4.78, 5) is 42.0. The monoisotopic (exact) mass is 576 g/mol. The van der Waals surface area contributed by atoms with Crippen molar-refractivity contribution in [2.24, 2.45) is 5.92 Å². The van der Waals surface area contributed by atoms with Crippen LogP contribution in [0.1, 0.15) is 24.0 Å². The van der Waals surface area contributed by atoms with E-state index in [1.54, 1.807) is 4.90 Å². The molecule has 2 saturated heterocycles. The average molecular weight is 577 g/mol. The van der Waals surface area contributed by atoms with Crippen molar-refractivity contribution in [1.29, 1.82) is 0 Å². The third-order valence-electron chi connectivity index (χ3n) is 8.27. The van der Waals surface area contributed by atoms with Crippen LogP contribution in [0.5, 0.6) is 11.5 Å². The molecule has 3 N–H and O–H groups in total. The van der Waals surface area contributed by atoms with Crippen molar-refractivity contribution in [3.05, 3.63) is 108 Å². The topological polar surface area (TPSA) is 99.8 Å². The fourth-order valence-electron chi connectivity index (χ4n) is 5.87. The summed E-state index contributed by atoms with van der Waals surface area (Å²) in [6, 6.07) is 29.7. The van der Waals surface area contributed by atoms with Gasteiger partial charge in [-0.2, -0.15) is 0 Å². The molecule has 0 spiro atoms. The first-order chi connectivity index (χ1) is 21.0. The molecule has 0 bridgehead atoms. The fraction of sp³-hybridized carbons (Fsp3) is 0.286. The van der Waals surface area contributed by atoms with Gasteiger partial charge in [0.15, 0.2) is 0 Å². The van der Waals surface area contributed by atoms with Gasteiger partial charge < -0.3 is 25.6 Å². The lowest BCUT2D eigenvalue weighted by molar-refractivity contribution is -0.150. The highest BCUT2D eigenvalue weighted by molar-refractivity contribution is 5.97. The van der Waals surface area contributed by atoms with E-state index in [4.69, 9.17) is 4.74 Å². The Kier molecular flexibility index (Phi) is 8.65. The molecule has 43 heavy (non-hydrogen) atoms. The van der Waals surface area contributed by atoms with Crippen LogP contribution in [0.3, 0.4) is 0 Å². The van der Waals surface area contributed by atoms with Crippen LogP contribution in [0.2, 0.25) is 0 Å². The van der Waals surface area contributed by atoms with Gasteiger partial charge in [0.2, 0.25) is 17.7 Å². The molecule has 3 amide bonds. The van der Waals surface area contributed by atoms with E-state index in [1.165, 1.54) is 0 Å². The average Bonchev–Trinajstić information content (AvgIpc) is 3.04. The Balaban J connectivity index is 1.20. The normalized spacial score (nSPS) is 19.2. The van der Waals surface area contributed by atoms with E-state index in [0.29, 0.717) is 12.2 Å². The Morgan fingerprint density at radius 2 is 1.49 bits per heavy atom. The third kappa shape index (κ3) is 6.87. The summed E-state index contributed by atoms with van der Waals surface area (Å²) >= 11 is 0. The number of benzene rings is 4. The zero-order valence-electron chi connectivity index (χ0n) is 24.0. The number of nitrogens with zero attached hydrogens (tertiary/aromatic N) is 1. The number of piperidine rings is 1. The van der Waals surface area contributed by atoms with Crippen molar-refractivity contribution >= 4 is 28.5 Å². The maximum atomic E-state index is 14.0. The fourth-order valence-corrected chi connectivity index (χ4v) is 5.87. The molecule has 2 aliphatic heterocycles. The molecule has 0 saturated carbocycles. The number of hydrogen-bond acceptors (Lipinski definition) is 5. The van der Waals surface area contributed by atoms with E-state index in [-0.39, 0.29) is 36.7 Å². The molecule has 0 aromatic heterocycles. The van der Waals surface area contributed by atoms with Crippen LogP contribution in [0.15, 0.2) is 97.1 Å². The molecule has 8 heteroatoms. The van der Waals surface area contributed by atoms with Crippen LogP contribution < -0.4 is 20.7 Å². The zero-order valence-corrected chi connectivity index (χ0v) is 24.0. The van der Waals surface area contributed by atoms with Crippen molar-refractivity contribution in [1.82, 2.24) is 20.9 Å². The maximum absolute atomic E-state index is 14.0. The van der Waals surface area contributed by atoms with Crippen LogP contribution >= 0.6 is 0 Å². The number of carbonyl (C=O) groups is 3. The lowest BCUT2D eigenvalue weighted by Gasteiger charge is -2.39. The second kappa shape index (κ2) is 13.1. The maximum Gasteiger partial charge on any atom is 0.246 e. The van der Waals surface area contributed by atoms with E-state index >= 15 is 0 Å². The highest BCUT2D eigenvalue weighted by Crippen LogP contribution is 2.24. The van der Waals surface area contributed by atoms with Gasteiger partial charge in [-0.1, -0.05) is 72.8 Å². The number of carbonyl (C=O) groups excluding carboxylic acids is 3. The minimum Gasteiger partial charge on any atom is -0.457 e. The number of ether oxygens (including phenoxy) is 1. The molecule has 4 aromatic carbocycles. The molecule has 0 unspecified atom stereocenters. The summed E-state index contributed by atoms with van der Waals surface area (Å²) in [6.45, 7) is 1.90. The van der Waals surface area contributed by atoms with E-state index in [9.17, 15) is 14.4 Å².